The molecule has 2 aromatic carbocycles. The highest BCUT2D eigenvalue weighted by Gasteiger charge is 2.29. The summed E-state index contributed by atoms with van der Waals surface area (Å²) in [5.41, 5.74) is 2.88. The summed E-state index contributed by atoms with van der Waals surface area (Å²) >= 11 is 0. The molecule has 1 aliphatic rings. The normalized spacial score (nSPS) is 15.3. The molecule has 7 nitrogen and oxygen atoms in total. The maximum atomic E-state index is 13.0. The number of rotatable bonds is 3. The van der Waals surface area contributed by atoms with Crippen LogP contribution < -0.4 is 10.9 Å². The molecule has 1 N–H and O–H groups in total. The Morgan fingerprint density at radius 3 is 2.70 bits per heavy atom. The fourth-order valence-electron chi connectivity index (χ4n) is 3.52. The third-order valence-corrected chi connectivity index (χ3v) is 6.27. The van der Waals surface area contributed by atoms with Gasteiger partial charge in [-0.2, -0.15) is 5.10 Å². The SMILES string of the molecule is Cc1ccc(-n2nc3c(c2NC(=O)c2cc4ccccc4oc2=O)CS(=O)C3)cc1. The summed E-state index contributed by atoms with van der Waals surface area (Å²) in [6.45, 7) is 1.98. The van der Waals surface area contributed by atoms with Gasteiger partial charge in [0.15, 0.2) is 0 Å². The van der Waals surface area contributed by atoms with Crippen molar-refractivity contribution in [3.63, 3.8) is 0 Å². The first-order chi connectivity index (χ1) is 14.5. The van der Waals surface area contributed by atoms with Crippen LogP contribution in [0.1, 0.15) is 27.2 Å². The highest BCUT2D eigenvalue weighted by atomic mass is 32.2. The number of aryl methyl sites for hydroxylation is 1. The predicted molar refractivity (Wildman–Crippen MR) is 114 cm³/mol. The van der Waals surface area contributed by atoms with Crippen molar-refractivity contribution in [3.05, 3.63) is 87.4 Å². The molecule has 1 atom stereocenters. The second kappa shape index (κ2) is 7.07. The molecule has 1 amide bonds. The number of hydrogen-bond donors (Lipinski definition) is 1. The number of aromatic nitrogens is 2. The van der Waals surface area contributed by atoms with E-state index in [0.717, 1.165) is 16.8 Å². The highest BCUT2D eigenvalue weighted by molar-refractivity contribution is 7.83. The molecule has 0 fully saturated rings. The Kier molecular flexibility index (Phi) is 4.36. The third-order valence-electron chi connectivity index (χ3n) is 5.07. The van der Waals surface area contributed by atoms with Crippen molar-refractivity contribution in [2.45, 2.75) is 18.4 Å². The number of benzene rings is 2. The molecule has 4 aromatic rings. The van der Waals surface area contributed by atoms with E-state index in [9.17, 15) is 13.8 Å². The first-order valence-electron chi connectivity index (χ1n) is 9.36. The molecule has 1 aliphatic heterocycles. The number of nitrogens with one attached hydrogen (secondary N) is 1. The molecular weight excluding hydrogens is 402 g/mol. The Morgan fingerprint density at radius 1 is 1.13 bits per heavy atom. The van der Waals surface area contributed by atoms with E-state index in [4.69, 9.17) is 4.42 Å². The zero-order valence-corrected chi connectivity index (χ0v) is 16.9. The molecule has 0 saturated heterocycles. The molecule has 3 heterocycles. The largest absolute Gasteiger partial charge is 0.422 e. The number of para-hydroxylation sites is 1. The van der Waals surface area contributed by atoms with E-state index >= 15 is 0 Å². The standard InChI is InChI=1S/C22H17N3O4S/c1-13-6-8-15(9-7-13)25-20(17-11-30(28)12-18(17)24-25)23-21(26)16-10-14-4-2-3-5-19(14)29-22(16)27/h2-10H,11-12H2,1H3,(H,23,26). The van der Waals surface area contributed by atoms with Crippen molar-refractivity contribution in [3.8, 4) is 5.69 Å². The zero-order chi connectivity index (χ0) is 20.8. The Bertz CT molecular complexity index is 1390. The van der Waals surface area contributed by atoms with Crippen molar-refractivity contribution < 1.29 is 13.4 Å². The summed E-state index contributed by atoms with van der Waals surface area (Å²) in [5.74, 6) is 0.485. The van der Waals surface area contributed by atoms with Crippen LogP contribution >= 0.6 is 0 Å². The molecule has 1 unspecified atom stereocenters. The number of carbonyl (C=O) groups excluding carboxylic acids is 1. The Hall–Kier alpha value is -3.52. The van der Waals surface area contributed by atoms with Crippen LogP contribution in [-0.4, -0.2) is 19.9 Å². The minimum Gasteiger partial charge on any atom is -0.422 e. The maximum absolute atomic E-state index is 13.0. The van der Waals surface area contributed by atoms with Crippen molar-refractivity contribution in [2.75, 3.05) is 5.32 Å². The Labute approximate surface area is 173 Å². The van der Waals surface area contributed by atoms with Crippen LogP contribution in [0.15, 0.2) is 63.8 Å². The highest BCUT2D eigenvalue weighted by Crippen LogP contribution is 2.31. The molecule has 0 spiro atoms. The van der Waals surface area contributed by atoms with E-state index in [1.165, 1.54) is 6.07 Å². The predicted octanol–water partition coefficient (Wildman–Crippen LogP) is 3.30. The maximum Gasteiger partial charge on any atom is 0.349 e. The summed E-state index contributed by atoms with van der Waals surface area (Å²) in [6, 6.07) is 16.2. The van der Waals surface area contributed by atoms with Gasteiger partial charge >= 0.3 is 5.63 Å². The zero-order valence-electron chi connectivity index (χ0n) is 16.0. The average molecular weight is 419 g/mol. The first kappa shape index (κ1) is 18.5. The minimum atomic E-state index is -1.06. The van der Waals surface area contributed by atoms with Gasteiger partial charge in [0.25, 0.3) is 5.91 Å². The lowest BCUT2D eigenvalue weighted by Gasteiger charge is -2.11. The van der Waals surface area contributed by atoms with Crippen LogP contribution in [0.4, 0.5) is 5.82 Å². The van der Waals surface area contributed by atoms with Gasteiger partial charge in [-0.25, -0.2) is 9.48 Å². The lowest BCUT2D eigenvalue weighted by molar-refractivity contribution is 0.102. The summed E-state index contributed by atoms with van der Waals surface area (Å²) in [4.78, 5) is 25.4. The molecule has 0 aliphatic carbocycles. The van der Waals surface area contributed by atoms with Crippen LogP contribution in [0.5, 0.6) is 0 Å². The van der Waals surface area contributed by atoms with Gasteiger partial charge < -0.3 is 9.73 Å². The van der Waals surface area contributed by atoms with Crippen LogP contribution in [0, 0.1) is 6.92 Å². The molecular formula is C22H17N3O4S. The fourth-order valence-corrected chi connectivity index (χ4v) is 4.79. The number of anilines is 1. The van der Waals surface area contributed by atoms with Gasteiger partial charge in [-0.1, -0.05) is 35.9 Å². The van der Waals surface area contributed by atoms with Crippen LogP contribution in [-0.2, 0) is 22.3 Å². The minimum absolute atomic E-state index is 0.0989. The van der Waals surface area contributed by atoms with E-state index in [1.54, 1.807) is 28.9 Å². The van der Waals surface area contributed by atoms with Gasteiger partial charge in [0.1, 0.15) is 17.0 Å². The van der Waals surface area contributed by atoms with Crippen LogP contribution in [0.2, 0.25) is 0 Å². The summed E-state index contributed by atoms with van der Waals surface area (Å²) in [7, 11) is -1.06. The molecule has 0 radical (unpaired) electrons. The van der Waals surface area contributed by atoms with Crippen molar-refractivity contribution in [2.24, 2.45) is 0 Å². The lowest BCUT2D eigenvalue weighted by Crippen LogP contribution is -2.22. The molecule has 8 heteroatoms. The monoisotopic (exact) mass is 419 g/mol. The summed E-state index contributed by atoms with van der Waals surface area (Å²) in [6.07, 6.45) is 0. The van der Waals surface area contributed by atoms with Gasteiger partial charge in [-0.15, -0.1) is 0 Å². The fraction of sp³-hybridized carbons (Fsp3) is 0.136. The third kappa shape index (κ3) is 3.15. The smallest absolute Gasteiger partial charge is 0.349 e. The number of amides is 1. The van der Waals surface area contributed by atoms with Gasteiger partial charge in [-0.05, 0) is 31.2 Å². The Morgan fingerprint density at radius 2 is 1.90 bits per heavy atom. The van der Waals surface area contributed by atoms with E-state index in [-0.39, 0.29) is 5.56 Å². The van der Waals surface area contributed by atoms with E-state index in [1.807, 2.05) is 31.2 Å². The molecule has 30 heavy (non-hydrogen) atoms. The number of carbonyl (C=O) groups is 1. The lowest BCUT2D eigenvalue weighted by atomic mass is 10.1. The summed E-state index contributed by atoms with van der Waals surface area (Å²) in [5, 5.41) is 8.03. The van der Waals surface area contributed by atoms with Crippen LogP contribution in [0.3, 0.4) is 0 Å². The second-order valence-corrected chi connectivity index (χ2v) is 8.65. The second-order valence-electron chi connectivity index (χ2n) is 7.19. The molecule has 2 aromatic heterocycles. The summed E-state index contributed by atoms with van der Waals surface area (Å²) < 4.78 is 19.0. The first-order valence-corrected chi connectivity index (χ1v) is 10.9. The number of hydrogen-bond acceptors (Lipinski definition) is 5. The van der Waals surface area contributed by atoms with Gasteiger partial charge in [0, 0.05) is 21.7 Å². The molecule has 5 rings (SSSR count). The molecule has 150 valence electrons. The van der Waals surface area contributed by atoms with Crippen molar-refractivity contribution in [1.29, 1.82) is 0 Å². The number of nitrogens with zero attached hydrogens (tertiary/aromatic N) is 2. The van der Waals surface area contributed by atoms with Gasteiger partial charge in [0.05, 0.1) is 22.9 Å². The topological polar surface area (TPSA) is 94.2 Å². The number of fused-ring (bicyclic) bond motifs is 2. The van der Waals surface area contributed by atoms with Crippen LogP contribution in [0.25, 0.3) is 16.7 Å². The van der Waals surface area contributed by atoms with E-state index in [2.05, 4.69) is 10.4 Å². The van der Waals surface area contributed by atoms with Gasteiger partial charge in [0.2, 0.25) is 0 Å². The van der Waals surface area contributed by atoms with Crippen molar-refractivity contribution >= 4 is 33.5 Å². The van der Waals surface area contributed by atoms with Crippen molar-refractivity contribution in [1.82, 2.24) is 9.78 Å². The quantitative estimate of drug-likeness (QED) is 0.514. The Balaban J connectivity index is 1.58. The molecule has 0 saturated carbocycles. The van der Waals surface area contributed by atoms with E-state index < -0.39 is 22.3 Å². The molecule has 0 bridgehead atoms. The van der Waals surface area contributed by atoms with Gasteiger partial charge in [-0.3, -0.25) is 9.00 Å². The van der Waals surface area contributed by atoms with E-state index in [0.29, 0.717) is 34.0 Å². The average Bonchev–Trinajstić information content (AvgIpc) is 3.25.